The molecule has 2 unspecified atom stereocenters. The Bertz CT molecular complexity index is 236. The normalized spacial score (nSPS) is 23.4. The van der Waals surface area contributed by atoms with Gasteiger partial charge >= 0.3 is 0 Å². The summed E-state index contributed by atoms with van der Waals surface area (Å²) in [6, 6.07) is 0. The van der Waals surface area contributed by atoms with E-state index in [9.17, 15) is 4.79 Å². The topological polar surface area (TPSA) is 53.6 Å². The van der Waals surface area contributed by atoms with Crippen LogP contribution in [0.4, 0.5) is 0 Å². The number of carbonyl (C=O) groups excluding carboxylic acids is 1. The van der Waals surface area contributed by atoms with Crippen LogP contribution >= 0.6 is 0 Å². The molecule has 1 amide bonds. The maximum atomic E-state index is 11.7. The average Bonchev–Trinajstić information content (AvgIpc) is 2.36. The summed E-state index contributed by atoms with van der Waals surface area (Å²) < 4.78 is 5.63. The summed E-state index contributed by atoms with van der Waals surface area (Å²) in [6.07, 6.45) is 0.134. The van der Waals surface area contributed by atoms with E-state index >= 15 is 0 Å². The first-order chi connectivity index (χ1) is 8.17. The molecule has 5 heteroatoms. The average molecular weight is 243 g/mol. The van der Waals surface area contributed by atoms with Gasteiger partial charge in [0.05, 0.1) is 12.7 Å². The Hall–Kier alpha value is -0.650. The summed E-state index contributed by atoms with van der Waals surface area (Å²) in [4.78, 5) is 14.1. The number of nitrogens with zero attached hydrogens (tertiary/aromatic N) is 1. The molecule has 2 atom stereocenters. The van der Waals surface area contributed by atoms with Crippen molar-refractivity contribution in [2.45, 2.75) is 20.0 Å². The molecule has 1 heterocycles. The molecular weight excluding hydrogens is 218 g/mol. The highest BCUT2D eigenvalue weighted by molar-refractivity contribution is 5.78. The van der Waals surface area contributed by atoms with Crippen LogP contribution in [-0.4, -0.2) is 63.3 Å². The quantitative estimate of drug-likeness (QED) is 0.671. The minimum Gasteiger partial charge on any atom is -0.374 e. The van der Waals surface area contributed by atoms with Crippen LogP contribution in [0, 0.1) is 5.92 Å². The molecule has 1 fully saturated rings. The van der Waals surface area contributed by atoms with E-state index in [1.807, 2.05) is 14.0 Å². The van der Waals surface area contributed by atoms with Crippen molar-refractivity contribution in [3.63, 3.8) is 0 Å². The molecule has 5 nitrogen and oxygen atoms in total. The van der Waals surface area contributed by atoms with Crippen LogP contribution < -0.4 is 10.6 Å². The molecule has 1 saturated heterocycles. The number of likely N-dealkylation sites (N-methyl/N-ethyl adjacent to an activating group) is 1. The molecule has 2 N–H and O–H groups in total. The van der Waals surface area contributed by atoms with Gasteiger partial charge in [0.1, 0.15) is 0 Å². The van der Waals surface area contributed by atoms with Crippen LogP contribution in [0.3, 0.4) is 0 Å². The molecule has 0 aromatic carbocycles. The van der Waals surface area contributed by atoms with Crippen molar-refractivity contribution in [1.29, 1.82) is 0 Å². The number of ether oxygens (including phenoxy) is 1. The van der Waals surface area contributed by atoms with Crippen LogP contribution in [0.5, 0.6) is 0 Å². The Morgan fingerprint density at radius 2 is 2.35 bits per heavy atom. The number of rotatable bonds is 6. The van der Waals surface area contributed by atoms with Crippen molar-refractivity contribution < 1.29 is 9.53 Å². The number of carbonyl (C=O) groups is 1. The lowest BCUT2D eigenvalue weighted by Crippen LogP contribution is -2.48. The second-order valence-electron chi connectivity index (χ2n) is 4.59. The largest absolute Gasteiger partial charge is 0.374 e. The molecule has 1 rings (SSSR count). The van der Waals surface area contributed by atoms with Crippen molar-refractivity contribution in [2.24, 2.45) is 5.92 Å². The Morgan fingerprint density at radius 3 is 3.00 bits per heavy atom. The second kappa shape index (κ2) is 7.63. The number of amides is 1. The zero-order valence-electron chi connectivity index (χ0n) is 11.2. The number of hydrogen-bond acceptors (Lipinski definition) is 4. The third kappa shape index (κ3) is 5.02. The second-order valence-corrected chi connectivity index (χ2v) is 4.59. The minimum atomic E-state index is 0.00543. The van der Waals surface area contributed by atoms with E-state index in [4.69, 9.17) is 4.74 Å². The molecular formula is C12H25N3O2. The van der Waals surface area contributed by atoms with E-state index in [1.165, 1.54) is 0 Å². The van der Waals surface area contributed by atoms with Gasteiger partial charge in [-0.2, -0.15) is 0 Å². The molecule has 0 bridgehead atoms. The van der Waals surface area contributed by atoms with Gasteiger partial charge in [-0.25, -0.2) is 0 Å². The maximum Gasteiger partial charge on any atom is 0.224 e. The molecule has 0 radical (unpaired) electrons. The molecule has 0 aliphatic carbocycles. The van der Waals surface area contributed by atoms with Gasteiger partial charge in [0.2, 0.25) is 5.91 Å². The predicted molar refractivity (Wildman–Crippen MR) is 68.0 cm³/mol. The van der Waals surface area contributed by atoms with E-state index in [1.54, 1.807) is 0 Å². The van der Waals surface area contributed by atoms with Crippen molar-refractivity contribution in [2.75, 3.05) is 46.4 Å². The van der Waals surface area contributed by atoms with Crippen LogP contribution in [-0.2, 0) is 9.53 Å². The lowest BCUT2D eigenvalue weighted by Gasteiger charge is -2.32. The number of morpholine rings is 1. The molecule has 0 aromatic heterocycles. The van der Waals surface area contributed by atoms with Gasteiger partial charge in [0.25, 0.3) is 0 Å². The Kier molecular flexibility index (Phi) is 6.47. The summed E-state index contributed by atoms with van der Waals surface area (Å²) in [5, 5.41) is 5.95. The summed E-state index contributed by atoms with van der Waals surface area (Å²) in [5.41, 5.74) is 0. The smallest absolute Gasteiger partial charge is 0.224 e. The van der Waals surface area contributed by atoms with Crippen molar-refractivity contribution in [3.05, 3.63) is 0 Å². The van der Waals surface area contributed by atoms with Crippen LogP contribution in [0.15, 0.2) is 0 Å². The van der Waals surface area contributed by atoms with Gasteiger partial charge in [-0.05, 0) is 13.6 Å². The van der Waals surface area contributed by atoms with E-state index in [0.717, 1.165) is 26.2 Å². The minimum absolute atomic E-state index is 0.00543. The first kappa shape index (κ1) is 14.4. The van der Waals surface area contributed by atoms with E-state index in [0.29, 0.717) is 13.1 Å². The molecule has 0 aromatic rings. The predicted octanol–water partition coefficient (Wildman–Crippen LogP) is -0.321. The van der Waals surface area contributed by atoms with Crippen molar-refractivity contribution in [3.8, 4) is 0 Å². The fourth-order valence-electron chi connectivity index (χ4n) is 1.98. The Morgan fingerprint density at radius 1 is 1.59 bits per heavy atom. The fraction of sp³-hybridized carbons (Fsp3) is 0.917. The van der Waals surface area contributed by atoms with Gasteiger partial charge in [-0.15, -0.1) is 0 Å². The van der Waals surface area contributed by atoms with Crippen molar-refractivity contribution >= 4 is 5.91 Å². The third-order valence-corrected chi connectivity index (χ3v) is 3.13. The van der Waals surface area contributed by atoms with Crippen molar-refractivity contribution in [1.82, 2.24) is 15.5 Å². The van der Waals surface area contributed by atoms with Gasteiger partial charge in [-0.3, -0.25) is 9.69 Å². The summed E-state index contributed by atoms with van der Waals surface area (Å²) in [5.74, 6) is 0.0995. The molecule has 0 spiro atoms. The van der Waals surface area contributed by atoms with E-state index < -0.39 is 0 Å². The maximum absolute atomic E-state index is 11.7. The first-order valence-electron chi connectivity index (χ1n) is 6.43. The van der Waals surface area contributed by atoms with Gasteiger partial charge in [0, 0.05) is 32.1 Å². The van der Waals surface area contributed by atoms with Gasteiger partial charge in [-0.1, -0.05) is 13.8 Å². The first-order valence-corrected chi connectivity index (χ1v) is 6.43. The van der Waals surface area contributed by atoms with E-state index in [2.05, 4.69) is 22.5 Å². The molecule has 0 saturated carbocycles. The highest BCUT2D eigenvalue weighted by Crippen LogP contribution is 2.04. The van der Waals surface area contributed by atoms with Gasteiger partial charge < -0.3 is 15.4 Å². The summed E-state index contributed by atoms with van der Waals surface area (Å²) >= 11 is 0. The van der Waals surface area contributed by atoms with Crippen LogP contribution in [0.25, 0.3) is 0 Å². The molecule has 17 heavy (non-hydrogen) atoms. The highest BCUT2D eigenvalue weighted by atomic mass is 16.5. The summed E-state index contributed by atoms with van der Waals surface area (Å²) in [6.45, 7) is 9.11. The van der Waals surface area contributed by atoms with Gasteiger partial charge in [0.15, 0.2) is 0 Å². The third-order valence-electron chi connectivity index (χ3n) is 3.13. The molecule has 100 valence electrons. The highest BCUT2D eigenvalue weighted by Gasteiger charge is 2.20. The Balaban J connectivity index is 2.23. The lowest BCUT2D eigenvalue weighted by molar-refractivity contribution is -0.125. The lowest BCUT2D eigenvalue weighted by atomic mass is 10.1. The number of hydrogen-bond donors (Lipinski definition) is 2. The fourth-order valence-corrected chi connectivity index (χ4v) is 1.98. The zero-order valence-corrected chi connectivity index (χ0v) is 11.2. The monoisotopic (exact) mass is 243 g/mol. The summed E-state index contributed by atoms with van der Waals surface area (Å²) in [7, 11) is 1.85. The number of nitrogens with one attached hydrogen (secondary N) is 2. The van der Waals surface area contributed by atoms with Crippen LogP contribution in [0.1, 0.15) is 13.8 Å². The SMILES string of the molecule is CCN1CCOC(CNC(=O)C(C)CNC)C1. The van der Waals surface area contributed by atoms with E-state index in [-0.39, 0.29) is 17.9 Å². The zero-order chi connectivity index (χ0) is 12.7. The van der Waals surface area contributed by atoms with Crippen LogP contribution in [0.2, 0.25) is 0 Å². The molecule has 1 aliphatic heterocycles. The standard InChI is InChI=1S/C12H25N3O2/c1-4-15-5-6-17-11(9-15)8-14-12(16)10(2)7-13-3/h10-11,13H,4-9H2,1-3H3,(H,14,16). The Labute approximate surface area is 104 Å². The molecule has 1 aliphatic rings.